The molecule has 0 bridgehead atoms. The average Bonchev–Trinajstić information content (AvgIpc) is 2.75. The van der Waals surface area contributed by atoms with Gasteiger partial charge in [-0.2, -0.15) is 0 Å². The summed E-state index contributed by atoms with van der Waals surface area (Å²) in [5.74, 6) is -7.39. The van der Waals surface area contributed by atoms with Crippen LogP contribution in [0.25, 0.3) is 0 Å². The van der Waals surface area contributed by atoms with E-state index < -0.39 is 58.2 Å². The molecule has 4 rings (SSSR count). The van der Waals surface area contributed by atoms with Crippen LogP contribution in [0.3, 0.4) is 0 Å². The smallest absolute Gasteiger partial charge is 0.308 e. The molecule has 3 atom stereocenters. The van der Waals surface area contributed by atoms with Gasteiger partial charge in [0, 0.05) is 51.5 Å². The maximum absolute atomic E-state index is 13.8. The minimum absolute atomic E-state index is 0.00852. The number of allylic oxidation sites excluding steroid dienone is 2. The van der Waals surface area contributed by atoms with Gasteiger partial charge in [0.05, 0.1) is 5.56 Å². The molecule has 0 aliphatic heterocycles. The van der Waals surface area contributed by atoms with Crippen molar-refractivity contribution in [3.8, 4) is 5.75 Å². The van der Waals surface area contributed by atoms with Gasteiger partial charge in [-0.3, -0.25) is 24.0 Å². The van der Waals surface area contributed by atoms with Crippen LogP contribution in [-0.4, -0.2) is 59.3 Å². The highest BCUT2D eigenvalue weighted by Crippen LogP contribution is 2.52. The third kappa shape index (κ3) is 3.67. The fraction of sp³-hybridized carbons (Fsp3) is 0.400. The highest BCUT2D eigenvalue weighted by atomic mass is 16.5. The lowest BCUT2D eigenvalue weighted by atomic mass is 9.60. The van der Waals surface area contributed by atoms with Crippen molar-refractivity contribution in [1.82, 2.24) is 0 Å². The Bertz CT molecular complexity index is 1310. The average molecular weight is 498 g/mol. The lowest BCUT2D eigenvalue weighted by Crippen LogP contribution is -2.57. The van der Waals surface area contributed by atoms with Crippen LogP contribution in [0, 0.1) is 11.8 Å². The number of ether oxygens (including phenoxy) is 2. The molecule has 4 N–H and O–H groups in total. The molecule has 3 unspecified atom stereocenters. The summed E-state index contributed by atoms with van der Waals surface area (Å²) in [6.45, 7) is 2.28. The van der Waals surface area contributed by atoms with Crippen LogP contribution in [0.5, 0.6) is 5.75 Å². The first-order valence-electron chi connectivity index (χ1n) is 11.3. The number of amides is 1. The summed E-state index contributed by atoms with van der Waals surface area (Å²) >= 11 is 0. The molecule has 11 nitrogen and oxygen atoms in total. The van der Waals surface area contributed by atoms with E-state index in [0.717, 1.165) is 6.92 Å². The number of primary amides is 1. The zero-order chi connectivity index (χ0) is 26.7. The lowest BCUT2D eigenvalue weighted by Gasteiger charge is -2.46. The van der Waals surface area contributed by atoms with Gasteiger partial charge in [-0.15, -0.1) is 0 Å². The van der Waals surface area contributed by atoms with Crippen LogP contribution >= 0.6 is 0 Å². The van der Waals surface area contributed by atoms with Gasteiger partial charge >= 0.3 is 11.9 Å². The molecule has 1 aromatic carbocycles. The van der Waals surface area contributed by atoms with E-state index in [1.165, 1.54) is 13.0 Å². The second-order valence-corrected chi connectivity index (χ2v) is 9.41. The van der Waals surface area contributed by atoms with E-state index in [0.29, 0.717) is 11.3 Å². The fourth-order valence-corrected chi connectivity index (χ4v) is 5.50. The first-order chi connectivity index (χ1) is 16.8. The Hall–Kier alpha value is -3.99. The number of rotatable bonds is 4. The Morgan fingerprint density at radius 1 is 1.08 bits per heavy atom. The van der Waals surface area contributed by atoms with E-state index >= 15 is 0 Å². The minimum Gasteiger partial charge on any atom is -0.508 e. The number of hydrogen-bond donors (Lipinski definition) is 3. The monoisotopic (exact) mass is 498 g/mol. The van der Waals surface area contributed by atoms with Crippen LogP contribution in [0.15, 0.2) is 34.8 Å². The van der Waals surface area contributed by atoms with E-state index in [9.17, 15) is 34.2 Å². The third-order valence-corrected chi connectivity index (χ3v) is 6.89. The predicted octanol–water partition coefficient (Wildman–Crippen LogP) is 0.871. The Morgan fingerprint density at radius 2 is 1.72 bits per heavy atom. The summed E-state index contributed by atoms with van der Waals surface area (Å²) < 4.78 is 10.3. The number of anilines is 1. The summed E-state index contributed by atoms with van der Waals surface area (Å²) in [5.41, 5.74) is 3.13. The number of ketones is 2. The molecule has 0 spiro atoms. The van der Waals surface area contributed by atoms with Gasteiger partial charge in [0.2, 0.25) is 5.78 Å². The number of nitrogens with two attached hydrogens (primary N) is 1. The number of benzene rings is 1. The first-order valence-corrected chi connectivity index (χ1v) is 11.3. The zero-order valence-corrected chi connectivity index (χ0v) is 20.2. The number of nitrogens with zero attached hydrogens (tertiary/aromatic N) is 1. The summed E-state index contributed by atoms with van der Waals surface area (Å²) in [4.78, 5) is 64.2. The van der Waals surface area contributed by atoms with Crippen molar-refractivity contribution < 1.29 is 43.7 Å². The van der Waals surface area contributed by atoms with Gasteiger partial charge in [-0.1, -0.05) is 0 Å². The molecule has 3 aliphatic rings. The van der Waals surface area contributed by atoms with Crippen LogP contribution in [0.4, 0.5) is 5.69 Å². The molecule has 0 radical (unpaired) electrons. The summed E-state index contributed by atoms with van der Waals surface area (Å²) in [6.07, 6.45) is 0.0659. The topological polar surface area (TPSA) is 174 Å². The largest absolute Gasteiger partial charge is 0.508 e. The predicted molar refractivity (Wildman–Crippen MR) is 124 cm³/mol. The van der Waals surface area contributed by atoms with Gasteiger partial charge in [0.15, 0.2) is 11.4 Å². The SMILES string of the molecule is CC(=O)OC1=C(C(N)=O)C(=O)C2(O)C(O)=C3C(=O)c4c(OC(C)=O)ccc(N(C)C)c4CC3CC2C1. The second-order valence-electron chi connectivity index (χ2n) is 9.41. The van der Waals surface area contributed by atoms with Crippen molar-refractivity contribution in [1.29, 1.82) is 0 Å². The highest BCUT2D eigenvalue weighted by molar-refractivity contribution is 6.24. The molecule has 11 heteroatoms. The van der Waals surface area contributed by atoms with Crippen LogP contribution in [-0.2, 0) is 30.3 Å². The number of hydrogen-bond acceptors (Lipinski definition) is 10. The Balaban J connectivity index is 1.92. The maximum Gasteiger partial charge on any atom is 0.308 e. The molecular formula is C25H26N2O9. The minimum atomic E-state index is -2.62. The molecule has 1 amide bonds. The fourth-order valence-electron chi connectivity index (χ4n) is 5.50. The Kier molecular flexibility index (Phi) is 5.99. The number of carbonyl (C=O) groups is 5. The number of carbonyl (C=O) groups excluding carboxylic acids is 5. The van der Waals surface area contributed by atoms with Crippen LogP contribution < -0.4 is 15.4 Å². The number of fused-ring (bicyclic) bond motifs is 3. The third-order valence-electron chi connectivity index (χ3n) is 6.89. The second kappa shape index (κ2) is 8.59. The van der Waals surface area contributed by atoms with Crippen molar-refractivity contribution in [2.45, 2.75) is 38.7 Å². The molecule has 0 saturated heterocycles. The number of aliphatic hydroxyl groups is 2. The van der Waals surface area contributed by atoms with Crippen molar-refractivity contribution in [2.75, 3.05) is 19.0 Å². The van der Waals surface area contributed by atoms with E-state index in [4.69, 9.17) is 15.2 Å². The van der Waals surface area contributed by atoms with Gasteiger partial charge in [0.25, 0.3) is 5.91 Å². The molecular weight excluding hydrogens is 472 g/mol. The van der Waals surface area contributed by atoms with Crippen molar-refractivity contribution in [3.63, 3.8) is 0 Å². The van der Waals surface area contributed by atoms with E-state index in [1.54, 1.807) is 25.1 Å². The van der Waals surface area contributed by atoms with Crippen molar-refractivity contribution in [2.24, 2.45) is 17.6 Å². The molecule has 0 fully saturated rings. The lowest BCUT2D eigenvalue weighted by molar-refractivity contribution is -0.147. The molecule has 0 aromatic heterocycles. The van der Waals surface area contributed by atoms with E-state index in [-0.39, 0.29) is 41.9 Å². The summed E-state index contributed by atoms with van der Waals surface area (Å²) in [6, 6.07) is 3.18. The van der Waals surface area contributed by atoms with E-state index in [2.05, 4.69) is 0 Å². The number of aliphatic hydroxyl groups excluding tert-OH is 1. The van der Waals surface area contributed by atoms with Gasteiger partial charge < -0.3 is 30.3 Å². The summed E-state index contributed by atoms with van der Waals surface area (Å²) in [7, 11) is 3.57. The Labute approximate surface area is 206 Å². The number of esters is 2. The Morgan fingerprint density at radius 3 is 2.28 bits per heavy atom. The number of Topliss-reactive ketones (excluding diaryl/α,β-unsaturated/α-hetero) is 2. The van der Waals surface area contributed by atoms with E-state index in [1.807, 2.05) is 0 Å². The van der Waals surface area contributed by atoms with Gasteiger partial charge in [-0.05, 0) is 36.5 Å². The molecule has 190 valence electrons. The standard InChI is InChI=1S/C25H26N2O9/c1-10(28)35-16-6-5-15(27(3)4)14-8-12-7-13-9-17(36-11(2)29)20(24(26)33)23(32)25(13,34)22(31)18(12)21(30)19(14)16/h5-6,12-13,31,34H,7-9H2,1-4H3,(H2,26,33). The molecule has 3 aliphatic carbocycles. The first kappa shape index (κ1) is 25.1. The van der Waals surface area contributed by atoms with Crippen LogP contribution in [0.1, 0.15) is 42.6 Å². The van der Waals surface area contributed by atoms with Crippen molar-refractivity contribution >= 4 is 35.1 Å². The van der Waals surface area contributed by atoms with Gasteiger partial charge in [0.1, 0.15) is 22.8 Å². The van der Waals surface area contributed by atoms with Crippen LogP contribution in [0.2, 0.25) is 0 Å². The highest BCUT2D eigenvalue weighted by Gasteiger charge is 2.60. The molecule has 1 aromatic rings. The molecule has 0 heterocycles. The summed E-state index contributed by atoms with van der Waals surface area (Å²) in [5, 5.41) is 22.7. The van der Waals surface area contributed by atoms with Gasteiger partial charge in [-0.25, -0.2) is 0 Å². The zero-order valence-electron chi connectivity index (χ0n) is 20.2. The maximum atomic E-state index is 13.8. The van der Waals surface area contributed by atoms with Crippen molar-refractivity contribution in [3.05, 3.63) is 45.9 Å². The molecule has 0 saturated carbocycles. The quantitative estimate of drug-likeness (QED) is 0.307. The molecule has 36 heavy (non-hydrogen) atoms. The normalized spacial score (nSPS) is 25.0.